The fourth-order valence-electron chi connectivity index (χ4n) is 5.96. The third kappa shape index (κ3) is 7.11. The molecule has 1 fully saturated rings. The van der Waals surface area contributed by atoms with Crippen molar-refractivity contribution in [2.45, 2.75) is 32.0 Å². The highest BCUT2D eigenvalue weighted by atomic mass is 35.5. The Labute approximate surface area is 292 Å². The molecule has 0 spiro atoms. The summed E-state index contributed by atoms with van der Waals surface area (Å²) in [4.78, 5) is 28.6. The number of morpholine rings is 1. The van der Waals surface area contributed by atoms with Gasteiger partial charge in [0.1, 0.15) is 24.1 Å². The van der Waals surface area contributed by atoms with Gasteiger partial charge >= 0.3 is 0 Å². The zero-order valence-electron chi connectivity index (χ0n) is 26.7. The van der Waals surface area contributed by atoms with Crippen LogP contribution in [0.3, 0.4) is 0 Å². The fraction of sp³-hybridized carbons (Fsp3) is 0.303. The van der Waals surface area contributed by atoms with Gasteiger partial charge in [0.25, 0.3) is 16.0 Å². The van der Waals surface area contributed by atoms with Gasteiger partial charge in [0.05, 0.1) is 43.0 Å². The molecule has 1 atom stereocenters. The van der Waals surface area contributed by atoms with Crippen molar-refractivity contribution in [2.75, 3.05) is 37.9 Å². The van der Waals surface area contributed by atoms with E-state index in [-0.39, 0.29) is 18.2 Å². The number of benzene rings is 3. The van der Waals surface area contributed by atoms with Crippen LogP contribution < -0.4 is 20.5 Å². The highest BCUT2D eigenvalue weighted by molar-refractivity contribution is 7.85. The number of nitrogens with two attached hydrogens (primary N) is 1. The van der Waals surface area contributed by atoms with Crippen LogP contribution >= 0.6 is 23.2 Å². The van der Waals surface area contributed by atoms with E-state index < -0.39 is 33.4 Å². The van der Waals surface area contributed by atoms with Crippen molar-refractivity contribution < 1.29 is 36.8 Å². The SMILES string of the molecule is COc1cc2c(cc1-c1cccc(NC(=O)[C@@H](N)CS(=O)(=O)O)c1)-c1c(c(C(=O)N3CCOCC3(C)C)nn1-c1cc(Cl)cc(Cl)c1)CO2. The Balaban J connectivity index is 1.48. The van der Waals surface area contributed by atoms with Crippen LogP contribution in [0.25, 0.3) is 28.1 Å². The summed E-state index contributed by atoms with van der Waals surface area (Å²) in [6.07, 6.45) is 0. The number of halogens is 2. The predicted molar refractivity (Wildman–Crippen MR) is 184 cm³/mol. The van der Waals surface area contributed by atoms with Crippen LogP contribution in [0.2, 0.25) is 10.0 Å². The Hall–Kier alpha value is -4.18. The molecule has 3 heterocycles. The molecule has 0 radical (unpaired) electrons. The van der Waals surface area contributed by atoms with E-state index in [1.54, 1.807) is 58.1 Å². The number of rotatable bonds is 8. The topological polar surface area (TPSA) is 175 Å². The molecule has 49 heavy (non-hydrogen) atoms. The fourth-order valence-corrected chi connectivity index (χ4v) is 7.08. The number of fused-ring (bicyclic) bond motifs is 3. The third-order valence-corrected chi connectivity index (χ3v) is 9.48. The van der Waals surface area contributed by atoms with E-state index >= 15 is 0 Å². The lowest BCUT2D eigenvalue weighted by molar-refractivity contribution is -0.117. The van der Waals surface area contributed by atoms with Gasteiger partial charge in [-0.25, -0.2) is 4.68 Å². The summed E-state index contributed by atoms with van der Waals surface area (Å²) in [5, 5.41) is 8.21. The van der Waals surface area contributed by atoms with E-state index in [4.69, 9.17) is 52.8 Å². The van der Waals surface area contributed by atoms with E-state index in [0.717, 1.165) is 0 Å². The average Bonchev–Trinajstić information content (AvgIpc) is 3.43. The van der Waals surface area contributed by atoms with E-state index in [0.29, 0.717) is 80.6 Å². The molecule has 0 aliphatic carbocycles. The molecule has 16 heteroatoms. The molecular formula is C33H33Cl2N5O8S. The summed E-state index contributed by atoms with van der Waals surface area (Å²) in [7, 11) is -2.95. The van der Waals surface area contributed by atoms with Crippen LogP contribution in [-0.2, 0) is 26.3 Å². The molecule has 0 unspecified atom stereocenters. The first kappa shape index (κ1) is 34.7. The Kier molecular flexibility index (Phi) is 9.39. The normalized spacial score (nSPS) is 15.9. The Morgan fingerprint density at radius 2 is 1.86 bits per heavy atom. The molecule has 1 aromatic heterocycles. The van der Waals surface area contributed by atoms with Crippen molar-refractivity contribution in [1.82, 2.24) is 14.7 Å². The lowest BCUT2D eigenvalue weighted by Gasteiger charge is -2.41. The lowest BCUT2D eigenvalue weighted by atomic mass is 9.95. The second kappa shape index (κ2) is 13.3. The van der Waals surface area contributed by atoms with Gasteiger partial charge in [0.15, 0.2) is 5.69 Å². The van der Waals surface area contributed by atoms with Crippen LogP contribution in [0.4, 0.5) is 5.69 Å². The number of nitrogens with one attached hydrogen (secondary N) is 1. The Bertz CT molecular complexity index is 2060. The second-order valence-corrected chi connectivity index (χ2v) is 14.7. The Morgan fingerprint density at radius 1 is 1.12 bits per heavy atom. The van der Waals surface area contributed by atoms with Gasteiger partial charge in [-0.15, -0.1) is 0 Å². The molecule has 6 rings (SSSR count). The predicted octanol–water partition coefficient (Wildman–Crippen LogP) is 4.82. The van der Waals surface area contributed by atoms with E-state index in [9.17, 15) is 18.0 Å². The van der Waals surface area contributed by atoms with Crippen molar-refractivity contribution in [3.63, 3.8) is 0 Å². The van der Waals surface area contributed by atoms with E-state index in [1.165, 1.54) is 7.11 Å². The lowest BCUT2D eigenvalue weighted by Crippen LogP contribution is -2.55. The number of carbonyl (C=O) groups is 2. The van der Waals surface area contributed by atoms with Crippen molar-refractivity contribution in [1.29, 1.82) is 0 Å². The molecule has 4 aromatic rings. The molecule has 3 aromatic carbocycles. The molecule has 2 aliphatic rings. The van der Waals surface area contributed by atoms with Crippen molar-refractivity contribution >= 4 is 50.8 Å². The monoisotopic (exact) mass is 729 g/mol. The van der Waals surface area contributed by atoms with Crippen LogP contribution in [0.1, 0.15) is 29.9 Å². The maximum atomic E-state index is 14.2. The molecule has 0 saturated carbocycles. The maximum absolute atomic E-state index is 14.2. The van der Waals surface area contributed by atoms with Gasteiger partial charge in [-0.05, 0) is 55.8 Å². The summed E-state index contributed by atoms with van der Waals surface area (Å²) >= 11 is 12.8. The summed E-state index contributed by atoms with van der Waals surface area (Å²) in [6, 6.07) is 13.8. The first-order valence-electron chi connectivity index (χ1n) is 15.1. The molecular weight excluding hydrogens is 697 g/mol. The molecule has 2 aliphatic heterocycles. The molecule has 13 nitrogen and oxygen atoms in total. The number of anilines is 1. The molecule has 1 saturated heterocycles. The van der Waals surface area contributed by atoms with Crippen LogP contribution in [0.5, 0.6) is 11.5 Å². The summed E-state index contributed by atoms with van der Waals surface area (Å²) in [6.45, 7) is 5.09. The van der Waals surface area contributed by atoms with E-state index in [1.807, 2.05) is 19.9 Å². The zero-order chi connectivity index (χ0) is 35.2. The summed E-state index contributed by atoms with van der Waals surface area (Å²) in [5.74, 6) is -1.06. The van der Waals surface area contributed by atoms with Gasteiger partial charge in [0, 0.05) is 45.0 Å². The number of nitrogens with zero attached hydrogens (tertiary/aromatic N) is 3. The van der Waals surface area contributed by atoms with Crippen molar-refractivity contribution in [3.05, 3.63) is 75.9 Å². The molecule has 2 amide bonds. The minimum Gasteiger partial charge on any atom is -0.496 e. The van der Waals surface area contributed by atoms with Gasteiger partial charge in [-0.3, -0.25) is 14.1 Å². The summed E-state index contributed by atoms with van der Waals surface area (Å²) < 4.78 is 50.8. The largest absolute Gasteiger partial charge is 0.496 e. The number of methoxy groups -OCH3 is 1. The number of ether oxygens (including phenoxy) is 3. The highest BCUT2D eigenvalue weighted by Gasteiger charge is 2.39. The summed E-state index contributed by atoms with van der Waals surface area (Å²) in [5.41, 5.74) is 9.19. The van der Waals surface area contributed by atoms with Crippen molar-refractivity contribution in [2.24, 2.45) is 5.73 Å². The van der Waals surface area contributed by atoms with E-state index in [2.05, 4.69) is 5.32 Å². The molecule has 4 N–H and O–H groups in total. The molecule has 0 bridgehead atoms. The van der Waals surface area contributed by atoms with Crippen LogP contribution in [-0.4, -0.2) is 83.7 Å². The Morgan fingerprint density at radius 3 is 2.53 bits per heavy atom. The number of aromatic nitrogens is 2. The van der Waals surface area contributed by atoms with Crippen LogP contribution in [0, 0.1) is 0 Å². The number of hydrogen-bond acceptors (Lipinski definition) is 9. The minimum atomic E-state index is -4.46. The van der Waals surface area contributed by atoms with Gasteiger partial charge in [-0.1, -0.05) is 35.3 Å². The second-order valence-electron chi connectivity index (χ2n) is 12.3. The van der Waals surface area contributed by atoms with Crippen LogP contribution in [0.15, 0.2) is 54.6 Å². The van der Waals surface area contributed by atoms with Crippen molar-refractivity contribution in [3.8, 4) is 39.6 Å². The number of amides is 2. The third-order valence-electron chi connectivity index (χ3n) is 8.27. The van der Waals surface area contributed by atoms with Gasteiger partial charge in [-0.2, -0.15) is 13.5 Å². The maximum Gasteiger partial charge on any atom is 0.275 e. The highest BCUT2D eigenvalue weighted by Crippen LogP contribution is 2.47. The smallest absolute Gasteiger partial charge is 0.275 e. The standard InChI is InChI=1S/C33H33Cl2N5O8S/c1-33(2)17-47-8-7-39(33)32(42)29-25-15-48-28-14-27(46-3)23(13-24(28)30(25)40(38-29)22-11-19(34)10-20(35)12-22)18-5-4-6-21(9-18)37-31(41)26(36)16-49(43,44)45/h4-6,9-14,26H,7-8,15-17,36H2,1-3H3,(H,37,41)(H,43,44,45)/t26-/m0/s1. The first-order chi connectivity index (χ1) is 23.1. The quantitative estimate of drug-likeness (QED) is 0.213. The molecule has 258 valence electrons. The average molecular weight is 731 g/mol. The van der Waals surface area contributed by atoms with Gasteiger partial charge < -0.3 is 30.2 Å². The number of hydrogen-bond donors (Lipinski definition) is 3. The zero-order valence-corrected chi connectivity index (χ0v) is 29.0. The van der Waals surface area contributed by atoms with Gasteiger partial charge in [0.2, 0.25) is 5.91 Å². The first-order valence-corrected chi connectivity index (χ1v) is 17.5. The number of carbonyl (C=O) groups excluding carboxylic acids is 2. The minimum absolute atomic E-state index is 0.0519.